The highest BCUT2D eigenvalue weighted by Gasteiger charge is 2.20. The molecule has 0 fully saturated rings. The maximum absolute atomic E-state index is 11.3. The van der Waals surface area contributed by atoms with Crippen molar-refractivity contribution in [3.05, 3.63) is 70.7 Å². The summed E-state index contributed by atoms with van der Waals surface area (Å²) in [5, 5.41) is 11.9. The summed E-state index contributed by atoms with van der Waals surface area (Å²) in [5.41, 5.74) is 3.01. The Bertz CT molecular complexity index is 830. The van der Waals surface area contributed by atoms with Crippen LogP contribution in [-0.4, -0.2) is 23.2 Å². The Morgan fingerprint density at radius 1 is 1.21 bits per heavy atom. The predicted molar refractivity (Wildman–Crippen MR) is 94.6 cm³/mol. The van der Waals surface area contributed by atoms with Gasteiger partial charge in [-0.25, -0.2) is 4.98 Å². The molecule has 3 aromatic rings. The van der Waals surface area contributed by atoms with Crippen LogP contribution in [0.1, 0.15) is 22.9 Å². The molecule has 2 aromatic carbocycles. The van der Waals surface area contributed by atoms with Gasteiger partial charge in [0.15, 0.2) is 0 Å². The molecule has 1 atom stereocenters. The minimum atomic E-state index is -0.831. The van der Waals surface area contributed by atoms with Crippen LogP contribution >= 0.6 is 11.3 Å². The van der Waals surface area contributed by atoms with Crippen molar-refractivity contribution < 1.29 is 14.6 Å². The Hall–Kier alpha value is -2.66. The smallest absolute Gasteiger partial charge is 0.304 e. The minimum Gasteiger partial charge on any atom is -0.497 e. The SMILES string of the molecule is COc1cccc(-c2cccc(C(CC(=O)O)c3nccs3)c2)c1. The van der Waals surface area contributed by atoms with Gasteiger partial charge in [-0.05, 0) is 28.8 Å². The third-order valence-electron chi connectivity index (χ3n) is 3.82. The lowest BCUT2D eigenvalue weighted by Gasteiger charge is -2.14. The summed E-state index contributed by atoms with van der Waals surface area (Å²) in [6.07, 6.45) is 1.73. The van der Waals surface area contributed by atoms with Gasteiger partial charge < -0.3 is 9.84 Å². The number of nitrogens with zero attached hydrogens (tertiary/aromatic N) is 1. The zero-order valence-corrected chi connectivity index (χ0v) is 14.0. The first-order valence-electron chi connectivity index (χ1n) is 7.53. The second-order valence-corrected chi connectivity index (χ2v) is 6.30. The Morgan fingerprint density at radius 2 is 1.96 bits per heavy atom. The summed E-state index contributed by atoms with van der Waals surface area (Å²) in [6, 6.07) is 15.8. The molecule has 0 amide bonds. The van der Waals surface area contributed by atoms with Gasteiger partial charge in [-0.2, -0.15) is 0 Å². The Kier molecular flexibility index (Phi) is 4.91. The molecule has 1 N–H and O–H groups in total. The van der Waals surface area contributed by atoms with Crippen molar-refractivity contribution in [2.24, 2.45) is 0 Å². The van der Waals surface area contributed by atoms with Crippen LogP contribution in [0.4, 0.5) is 0 Å². The average Bonchev–Trinajstić information content (AvgIpc) is 3.14. The molecule has 1 unspecified atom stereocenters. The fraction of sp³-hybridized carbons (Fsp3) is 0.158. The van der Waals surface area contributed by atoms with E-state index in [1.165, 1.54) is 11.3 Å². The molecule has 122 valence electrons. The van der Waals surface area contributed by atoms with E-state index < -0.39 is 5.97 Å². The molecule has 0 saturated carbocycles. The Balaban J connectivity index is 2.00. The third-order valence-corrected chi connectivity index (χ3v) is 4.71. The van der Waals surface area contributed by atoms with E-state index in [2.05, 4.69) is 4.98 Å². The Labute approximate surface area is 144 Å². The summed E-state index contributed by atoms with van der Waals surface area (Å²) in [6.45, 7) is 0. The first-order valence-corrected chi connectivity index (χ1v) is 8.41. The molecule has 3 rings (SSSR count). The van der Waals surface area contributed by atoms with Crippen LogP contribution in [0.3, 0.4) is 0 Å². The molecule has 0 radical (unpaired) electrons. The van der Waals surface area contributed by atoms with Crippen molar-refractivity contribution >= 4 is 17.3 Å². The lowest BCUT2D eigenvalue weighted by atomic mass is 9.93. The summed E-state index contributed by atoms with van der Waals surface area (Å²) < 4.78 is 5.28. The standard InChI is InChI=1S/C19H17NO3S/c1-23-16-7-3-5-14(11-16)13-4-2-6-15(10-13)17(12-18(21)22)19-20-8-9-24-19/h2-11,17H,12H2,1H3,(H,21,22). The van der Waals surface area contributed by atoms with E-state index in [-0.39, 0.29) is 12.3 Å². The highest BCUT2D eigenvalue weighted by atomic mass is 32.1. The minimum absolute atomic E-state index is 0.0229. The molecule has 0 aliphatic carbocycles. The summed E-state index contributed by atoms with van der Waals surface area (Å²) in [5.74, 6) is -0.282. The molecule has 1 aromatic heterocycles. The van der Waals surface area contributed by atoms with Gasteiger partial charge in [0.2, 0.25) is 0 Å². The fourth-order valence-electron chi connectivity index (χ4n) is 2.67. The van der Waals surface area contributed by atoms with Crippen LogP contribution in [0, 0.1) is 0 Å². The molecule has 0 saturated heterocycles. The molecule has 0 spiro atoms. The van der Waals surface area contributed by atoms with E-state index in [0.29, 0.717) is 0 Å². The molecule has 0 aliphatic rings. The van der Waals surface area contributed by atoms with Gasteiger partial charge >= 0.3 is 5.97 Å². The lowest BCUT2D eigenvalue weighted by molar-refractivity contribution is -0.137. The summed E-state index contributed by atoms with van der Waals surface area (Å²) in [4.78, 5) is 15.6. The molecule has 0 bridgehead atoms. The fourth-order valence-corrected chi connectivity index (χ4v) is 3.43. The van der Waals surface area contributed by atoms with Crippen molar-refractivity contribution in [2.75, 3.05) is 7.11 Å². The van der Waals surface area contributed by atoms with Gasteiger partial charge in [-0.1, -0.05) is 36.4 Å². The maximum Gasteiger partial charge on any atom is 0.304 e. The molecule has 24 heavy (non-hydrogen) atoms. The number of rotatable bonds is 6. The molecule has 0 aliphatic heterocycles. The number of aliphatic carboxylic acids is 1. The number of hydrogen-bond donors (Lipinski definition) is 1. The van der Waals surface area contributed by atoms with Crippen molar-refractivity contribution in [1.82, 2.24) is 4.98 Å². The topological polar surface area (TPSA) is 59.4 Å². The lowest BCUT2D eigenvalue weighted by Crippen LogP contribution is -2.07. The van der Waals surface area contributed by atoms with Crippen LogP contribution < -0.4 is 4.74 Å². The summed E-state index contributed by atoms with van der Waals surface area (Å²) >= 11 is 1.48. The van der Waals surface area contributed by atoms with Crippen LogP contribution in [0.15, 0.2) is 60.1 Å². The second-order valence-electron chi connectivity index (χ2n) is 5.38. The quantitative estimate of drug-likeness (QED) is 0.722. The average molecular weight is 339 g/mol. The number of thiazole rings is 1. The van der Waals surface area contributed by atoms with E-state index >= 15 is 0 Å². The molecular formula is C19H17NO3S. The molecular weight excluding hydrogens is 322 g/mol. The number of carboxylic acids is 1. The van der Waals surface area contributed by atoms with E-state index in [0.717, 1.165) is 27.4 Å². The van der Waals surface area contributed by atoms with E-state index in [9.17, 15) is 9.90 Å². The zero-order valence-electron chi connectivity index (χ0n) is 13.2. The summed E-state index contributed by atoms with van der Waals surface area (Å²) in [7, 11) is 1.64. The highest BCUT2D eigenvalue weighted by Crippen LogP contribution is 2.32. The number of benzene rings is 2. The number of hydrogen-bond acceptors (Lipinski definition) is 4. The molecule has 1 heterocycles. The van der Waals surface area contributed by atoms with Crippen LogP contribution in [0.25, 0.3) is 11.1 Å². The third kappa shape index (κ3) is 3.63. The van der Waals surface area contributed by atoms with Crippen LogP contribution in [-0.2, 0) is 4.79 Å². The van der Waals surface area contributed by atoms with Crippen molar-refractivity contribution in [2.45, 2.75) is 12.3 Å². The van der Waals surface area contributed by atoms with Crippen LogP contribution in [0.5, 0.6) is 5.75 Å². The van der Waals surface area contributed by atoms with Crippen molar-refractivity contribution in [3.8, 4) is 16.9 Å². The van der Waals surface area contributed by atoms with Crippen molar-refractivity contribution in [1.29, 1.82) is 0 Å². The van der Waals surface area contributed by atoms with E-state index in [1.807, 2.05) is 53.9 Å². The van der Waals surface area contributed by atoms with Gasteiger partial charge in [-0.3, -0.25) is 4.79 Å². The van der Waals surface area contributed by atoms with E-state index in [4.69, 9.17) is 4.74 Å². The van der Waals surface area contributed by atoms with Gasteiger partial charge in [-0.15, -0.1) is 11.3 Å². The van der Waals surface area contributed by atoms with Gasteiger partial charge in [0.25, 0.3) is 0 Å². The number of carboxylic acid groups (broad SMARTS) is 1. The molecule has 4 nitrogen and oxygen atoms in total. The number of carbonyl (C=O) groups is 1. The van der Waals surface area contributed by atoms with Crippen LogP contribution in [0.2, 0.25) is 0 Å². The normalized spacial score (nSPS) is 11.9. The number of aromatic nitrogens is 1. The number of methoxy groups -OCH3 is 1. The van der Waals surface area contributed by atoms with E-state index in [1.54, 1.807) is 13.3 Å². The van der Waals surface area contributed by atoms with Gasteiger partial charge in [0, 0.05) is 17.5 Å². The van der Waals surface area contributed by atoms with Crippen molar-refractivity contribution in [3.63, 3.8) is 0 Å². The second kappa shape index (κ2) is 7.27. The zero-order chi connectivity index (χ0) is 16.9. The molecule has 5 heteroatoms. The first-order chi connectivity index (χ1) is 11.7. The first kappa shape index (κ1) is 16.2. The largest absolute Gasteiger partial charge is 0.497 e. The maximum atomic E-state index is 11.3. The highest BCUT2D eigenvalue weighted by molar-refractivity contribution is 7.09. The monoisotopic (exact) mass is 339 g/mol. The number of ether oxygens (including phenoxy) is 1. The Morgan fingerprint density at radius 3 is 2.62 bits per heavy atom. The van der Waals surface area contributed by atoms with Gasteiger partial charge in [0.05, 0.1) is 13.5 Å². The van der Waals surface area contributed by atoms with Gasteiger partial charge in [0.1, 0.15) is 10.8 Å². The predicted octanol–water partition coefficient (Wildman–Crippen LogP) is 4.43.